The van der Waals surface area contributed by atoms with Crippen LogP contribution in [-0.2, 0) is 16.5 Å². The third kappa shape index (κ3) is 4.44. The molecule has 0 bridgehead atoms. The zero-order chi connectivity index (χ0) is 20.6. The van der Waals surface area contributed by atoms with Crippen LogP contribution in [0.15, 0.2) is 18.6 Å². The van der Waals surface area contributed by atoms with Gasteiger partial charge in [-0.25, -0.2) is 14.1 Å². The van der Waals surface area contributed by atoms with E-state index in [1.165, 1.54) is 0 Å². The van der Waals surface area contributed by atoms with Crippen molar-refractivity contribution in [3.8, 4) is 0 Å². The molecule has 0 spiro atoms. The van der Waals surface area contributed by atoms with Crippen LogP contribution in [0.3, 0.4) is 0 Å². The summed E-state index contributed by atoms with van der Waals surface area (Å²) in [6, 6.07) is 0. The number of anilines is 1. The highest BCUT2D eigenvalue weighted by atomic mass is 16.8. The third-order valence-corrected chi connectivity index (χ3v) is 3.78. The van der Waals surface area contributed by atoms with Gasteiger partial charge in [0.2, 0.25) is 0 Å². The molecule has 0 aliphatic carbocycles. The first kappa shape index (κ1) is 20.4. The number of aryl methyl sites for hydroxylation is 1. The molecule has 0 radical (unpaired) electrons. The van der Waals surface area contributed by atoms with E-state index >= 15 is 0 Å². The van der Waals surface area contributed by atoms with E-state index in [0.717, 1.165) is 0 Å². The number of alkyl carbamates (subject to hydrolysis) is 1. The number of nitrogens with zero attached hydrogens (tertiary/aromatic N) is 3. The van der Waals surface area contributed by atoms with E-state index in [4.69, 9.17) is 15.2 Å². The SMILES string of the molecule is Cn1ccn2ncc(NC(OC(N)=O)(OC(=O)NC(C)(C)C)C(C)(C)C)c12. The highest BCUT2D eigenvalue weighted by Crippen LogP contribution is 2.37. The minimum Gasteiger partial charge on any atom is -0.387 e. The second-order valence-electron chi connectivity index (χ2n) is 8.41. The van der Waals surface area contributed by atoms with Gasteiger partial charge in [-0.2, -0.15) is 5.10 Å². The summed E-state index contributed by atoms with van der Waals surface area (Å²) in [6.45, 7) is 10.7. The Morgan fingerprint density at radius 1 is 1.11 bits per heavy atom. The minimum absolute atomic E-state index is 0.502. The number of imidazole rings is 1. The van der Waals surface area contributed by atoms with Crippen LogP contribution in [-0.4, -0.2) is 37.8 Å². The average Bonchev–Trinajstić information content (AvgIpc) is 2.99. The van der Waals surface area contributed by atoms with Crippen LogP contribution < -0.4 is 16.4 Å². The summed E-state index contributed by atoms with van der Waals surface area (Å²) in [7, 11) is 1.84. The highest BCUT2D eigenvalue weighted by molar-refractivity contribution is 5.73. The maximum atomic E-state index is 12.5. The number of fused-ring (bicyclic) bond motifs is 1. The standard InChI is InChI=1S/C17H28N6O4/c1-15(2,3)17(26-13(18)24,27-14(25)21-16(4,5)6)20-11-10-19-23-9-8-22(7)12(11)23/h8-10,20H,1-7H3,(H2,18,24)(H,21,25). The van der Waals surface area contributed by atoms with Gasteiger partial charge in [0.25, 0.3) is 0 Å². The molecular weight excluding hydrogens is 352 g/mol. The first-order valence-corrected chi connectivity index (χ1v) is 8.50. The predicted molar refractivity (Wildman–Crippen MR) is 100 cm³/mol. The van der Waals surface area contributed by atoms with Crippen molar-refractivity contribution >= 4 is 23.5 Å². The van der Waals surface area contributed by atoms with Gasteiger partial charge in [-0.1, -0.05) is 20.8 Å². The van der Waals surface area contributed by atoms with Gasteiger partial charge in [-0.05, 0) is 20.8 Å². The summed E-state index contributed by atoms with van der Waals surface area (Å²) in [6.07, 6.45) is 3.28. The van der Waals surface area contributed by atoms with Crippen molar-refractivity contribution in [2.45, 2.75) is 53.0 Å². The van der Waals surface area contributed by atoms with E-state index in [-0.39, 0.29) is 0 Å². The van der Waals surface area contributed by atoms with Crippen LogP contribution in [0, 0.1) is 5.41 Å². The molecule has 4 N–H and O–H groups in total. The van der Waals surface area contributed by atoms with Crippen LogP contribution in [0.5, 0.6) is 0 Å². The molecule has 10 heteroatoms. The van der Waals surface area contributed by atoms with Crippen LogP contribution >= 0.6 is 0 Å². The molecule has 27 heavy (non-hydrogen) atoms. The number of nitrogens with one attached hydrogen (secondary N) is 2. The molecule has 0 aliphatic rings. The van der Waals surface area contributed by atoms with Crippen molar-refractivity contribution in [3.05, 3.63) is 18.6 Å². The maximum Gasteiger partial charge on any atom is 0.412 e. The van der Waals surface area contributed by atoms with E-state index in [0.29, 0.717) is 11.3 Å². The van der Waals surface area contributed by atoms with Crippen LogP contribution in [0.2, 0.25) is 0 Å². The van der Waals surface area contributed by atoms with E-state index < -0.39 is 29.1 Å². The summed E-state index contributed by atoms with van der Waals surface area (Å²) in [5.41, 5.74) is 5.06. The molecule has 2 heterocycles. The Bertz CT molecular complexity index is 842. The van der Waals surface area contributed by atoms with E-state index in [1.807, 2.05) is 17.8 Å². The number of aromatic nitrogens is 3. The molecule has 150 valence electrons. The minimum atomic E-state index is -1.87. The summed E-state index contributed by atoms with van der Waals surface area (Å²) >= 11 is 0. The van der Waals surface area contributed by atoms with Gasteiger partial charge in [-0.3, -0.25) is 0 Å². The molecule has 10 nitrogen and oxygen atoms in total. The molecule has 2 aromatic heterocycles. The summed E-state index contributed by atoms with van der Waals surface area (Å²) in [4.78, 5) is 24.1. The maximum absolute atomic E-state index is 12.5. The number of carbonyl (C=O) groups excluding carboxylic acids is 2. The highest BCUT2D eigenvalue weighted by Gasteiger charge is 2.51. The fourth-order valence-electron chi connectivity index (χ4n) is 2.49. The molecular formula is C17H28N6O4. The molecule has 0 fully saturated rings. The van der Waals surface area contributed by atoms with Gasteiger partial charge in [0.1, 0.15) is 5.69 Å². The Morgan fingerprint density at radius 3 is 2.26 bits per heavy atom. The number of rotatable bonds is 4. The largest absolute Gasteiger partial charge is 0.412 e. The van der Waals surface area contributed by atoms with Crippen molar-refractivity contribution in [2.24, 2.45) is 18.2 Å². The first-order valence-electron chi connectivity index (χ1n) is 8.50. The Hall–Kier alpha value is -2.91. The number of nitrogens with two attached hydrogens (primary N) is 1. The lowest BCUT2D eigenvalue weighted by atomic mass is 9.90. The average molecular weight is 380 g/mol. The van der Waals surface area contributed by atoms with Gasteiger partial charge in [0.15, 0.2) is 5.65 Å². The summed E-state index contributed by atoms with van der Waals surface area (Å²) in [5.74, 6) is -1.87. The van der Waals surface area contributed by atoms with Crippen LogP contribution in [0.1, 0.15) is 41.5 Å². The quantitative estimate of drug-likeness (QED) is 0.700. The number of hydrogen-bond acceptors (Lipinski definition) is 6. The van der Waals surface area contributed by atoms with Gasteiger partial charge in [0.05, 0.1) is 11.6 Å². The first-order chi connectivity index (χ1) is 12.2. The summed E-state index contributed by atoms with van der Waals surface area (Å²) in [5, 5.41) is 9.93. The Kier molecular flexibility index (Phi) is 5.04. The lowest BCUT2D eigenvalue weighted by Crippen LogP contribution is -2.59. The smallest absolute Gasteiger partial charge is 0.387 e. The van der Waals surface area contributed by atoms with Crippen LogP contribution in [0.4, 0.5) is 15.3 Å². The zero-order valence-corrected chi connectivity index (χ0v) is 16.8. The molecule has 0 aromatic carbocycles. The Balaban J connectivity index is 2.48. The normalized spacial score (nSPS) is 14.5. The predicted octanol–water partition coefficient (Wildman–Crippen LogP) is 2.40. The molecule has 2 rings (SSSR count). The fraction of sp³-hybridized carbons (Fsp3) is 0.588. The molecule has 2 aromatic rings. The molecule has 2 amide bonds. The number of ether oxygens (including phenoxy) is 2. The Morgan fingerprint density at radius 2 is 1.74 bits per heavy atom. The number of amides is 2. The number of hydrogen-bond donors (Lipinski definition) is 3. The monoisotopic (exact) mass is 380 g/mol. The number of carbonyl (C=O) groups is 2. The zero-order valence-electron chi connectivity index (χ0n) is 16.8. The van der Waals surface area contributed by atoms with E-state index in [1.54, 1.807) is 58.5 Å². The van der Waals surface area contributed by atoms with Gasteiger partial charge >= 0.3 is 18.1 Å². The lowest BCUT2D eigenvalue weighted by molar-refractivity contribution is -0.201. The van der Waals surface area contributed by atoms with Gasteiger partial charge in [-0.15, -0.1) is 0 Å². The molecule has 0 aliphatic heterocycles. The van der Waals surface area contributed by atoms with Crippen molar-refractivity contribution < 1.29 is 19.1 Å². The third-order valence-electron chi connectivity index (χ3n) is 3.78. The van der Waals surface area contributed by atoms with Gasteiger partial charge < -0.3 is 30.4 Å². The second-order valence-corrected chi connectivity index (χ2v) is 8.41. The lowest BCUT2D eigenvalue weighted by Gasteiger charge is -2.42. The molecule has 1 atom stereocenters. The van der Waals surface area contributed by atoms with Crippen molar-refractivity contribution in [3.63, 3.8) is 0 Å². The summed E-state index contributed by atoms with van der Waals surface area (Å²) < 4.78 is 14.4. The number of primary amides is 1. The second kappa shape index (κ2) is 6.67. The van der Waals surface area contributed by atoms with E-state index in [9.17, 15) is 9.59 Å². The molecule has 0 saturated carbocycles. The van der Waals surface area contributed by atoms with Crippen molar-refractivity contribution in [2.75, 3.05) is 5.32 Å². The van der Waals surface area contributed by atoms with E-state index in [2.05, 4.69) is 15.7 Å². The topological polar surface area (TPSA) is 125 Å². The van der Waals surface area contributed by atoms with Crippen molar-refractivity contribution in [1.29, 1.82) is 0 Å². The molecule has 0 saturated heterocycles. The fourth-order valence-corrected chi connectivity index (χ4v) is 2.49. The van der Waals surface area contributed by atoms with Gasteiger partial charge in [0, 0.05) is 25.0 Å². The Labute approximate surface area is 158 Å². The van der Waals surface area contributed by atoms with Crippen molar-refractivity contribution in [1.82, 2.24) is 19.5 Å². The van der Waals surface area contributed by atoms with Crippen LogP contribution in [0.25, 0.3) is 5.65 Å². The molecule has 1 unspecified atom stereocenters.